The smallest absolute Gasteiger partial charge is 0.225 e. The Morgan fingerprint density at radius 1 is 1.44 bits per heavy atom. The number of hydrogen-bond acceptors (Lipinski definition) is 4. The van der Waals surface area contributed by atoms with E-state index in [9.17, 15) is 0 Å². The van der Waals surface area contributed by atoms with Gasteiger partial charge >= 0.3 is 0 Å². The number of nitrogens with one attached hydrogen (secondary N) is 1. The summed E-state index contributed by atoms with van der Waals surface area (Å²) in [6.07, 6.45) is 4.31. The van der Waals surface area contributed by atoms with Crippen LogP contribution >= 0.6 is 0 Å². The van der Waals surface area contributed by atoms with Gasteiger partial charge in [-0.1, -0.05) is 0 Å². The molecule has 0 saturated carbocycles. The van der Waals surface area contributed by atoms with Crippen LogP contribution in [-0.4, -0.2) is 36.6 Å². The van der Waals surface area contributed by atoms with Crippen molar-refractivity contribution in [1.82, 2.24) is 15.3 Å². The summed E-state index contributed by atoms with van der Waals surface area (Å²) in [5.74, 6) is 1.70. The maximum atomic E-state index is 4.47. The lowest BCUT2D eigenvalue weighted by atomic mass is 9.97. The van der Waals surface area contributed by atoms with Crippen LogP contribution in [0.5, 0.6) is 0 Å². The fourth-order valence-corrected chi connectivity index (χ4v) is 2.21. The summed E-state index contributed by atoms with van der Waals surface area (Å²) in [6.45, 7) is 5.30. The van der Waals surface area contributed by atoms with Crippen LogP contribution in [0.1, 0.15) is 18.5 Å². The molecule has 1 aliphatic heterocycles. The molecule has 1 N–H and O–H groups in total. The predicted octanol–water partition coefficient (Wildman–Crippen LogP) is 1.22. The fraction of sp³-hybridized carbons (Fsp3) is 0.667. The van der Waals surface area contributed by atoms with Crippen LogP contribution in [0, 0.1) is 12.8 Å². The molecule has 2 heterocycles. The number of hydrogen-bond donors (Lipinski definition) is 1. The van der Waals surface area contributed by atoms with Gasteiger partial charge in [-0.25, -0.2) is 9.97 Å². The number of rotatable bonds is 3. The van der Waals surface area contributed by atoms with Crippen molar-refractivity contribution in [3.63, 3.8) is 0 Å². The third kappa shape index (κ3) is 2.70. The van der Waals surface area contributed by atoms with Gasteiger partial charge in [0.1, 0.15) is 0 Å². The molecular formula is C12H20N4. The summed E-state index contributed by atoms with van der Waals surface area (Å²) in [6, 6.07) is 1.94. The van der Waals surface area contributed by atoms with E-state index in [1.54, 1.807) is 0 Å². The highest BCUT2D eigenvalue weighted by Crippen LogP contribution is 2.19. The molecule has 2 rings (SSSR count). The third-order valence-electron chi connectivity index (χ3n) is 3.17. The maximum Gasteiger partial charge on any atom is 0.225 e. The Morgan fingerprint density at radius 2 is 2.19 bits per heavy atom. The normalized spacial score (nSPS) is 17.8. The van der Waals surface area contributed by atoms with E-state index in [0.29, 0.717) is 0 Å². The summed E-state index contributed by atoms with van der Waals surface area (Å²) >= 11 is 0. The SMILES string of the molecule is CNCC1CCN(c2nccc(C)n2)CC1. The van der Waals surface area contributed by atoms with Gasteiger partial charge in [-0.15, -0.1) is 0 Å². The minimum atomic E-state index is 0.811. The summed E-state index contributed by atoms with van der Waals surface area (Å²) in [7, 11) is 2.02. The molecule has 4 heteroatoms. The van der Waals surface area contributed by atoms with E-state index >= 15 is 0 Å². The number of nitrogens with zero attached hydrogens (tertiary/aromatic N) is 3. The van der Waals surface area contributed by atoms with Gasteiger partial charge in [0, 0.05) is 25.0 Å². The van der Waals surface area contributed by atoms with Crippen LogP contribution in [0.3, 0.4) is 0 Å². The lowest BCUT2D eigenvalue weighted by molar-refractivity contribution is 0.391. The lowest BCUT2D eigenvalue weighted by Crippen LogP contribution is -2.37. The molecule has 1 aromatic heterocycles. The Bertz CT molecular complexity index is 332. The van der Waals surface area contributed by atoms with Crippen molar-refractivity contribution in [2.75, 3.05) is 31.6 Å². The predicted molar refractivity (Wildman–Crippen MR) is 65.6 cm³/mol. The van der Waals surface area contributed by atoms with E-state index in [2.05, 4.69) is 20.2 Å². The van der Waals surface area contributed by atoms with Crippen molar-refractivity contribution in [1.29, 1.82) is 0 Å². The fourth-order valence-electron chi connectivity index (χ4n) is 2.21. The zero-order valence-electron chi connectivity index (χ0n) is 10.1. The molecule has 0 aromatic carbocycles. The van der Waals surface area contributed by atoms with Crippen LogP contribution in [0.15, 0.2) is 12.3 Å². The Kier molecular flexibility index (Phi) is 3.72. The average molecular weight is 220 g/mol. The molecule has 1 aromatic rings. The number of anilines is 1. The van der Waals surface area contributed by atoms with Crippen molar-refractivity contribution in [3.05, 3.63) is 18.0 Å². The van der Waals surface area contributed by atoms with Gasteiger partial charge in [-0.05, 0) is 45.3 Å². The quantitative estimate of drug-likeness (QED) is 0.831. The van der Waals surface area contributed by atoms with Crippen LogP contribution in [0.4, 0.5) is 5.95 Å². The first-order valence-corrected chi connectivity index (χ1v) is 5.99. The highest BCUT2D eigenvalue weighted by Gasteiger charge is 2.20. The zero-order chi connectivity index (χ0) is 11.4. The van der Waals surface area contributed by atoms with Gasteiger partial charge in [-0.2, -0.15) is 0 Å². The van der Waals surface area contributed by atoms with E-state index in [-0.39, 0.29) is 0 Å². The first kappa shape index (κ1) is 11.3. The molecule has 16 heavy (non-hydrogen) atoms. The van der Waals surface area contributed by atoms with E-state index in [0.717, 1.165) is 37.2 Å². The minimum Gasteiger partial charge on any atom is -0.341 e. The Hall–Kier alpha value is -1.16. The van der Waals surface area contributed by atoms with E-state index in [1.807, 2.05) is 26.2 Å². The molecule has 1 aliphatic rings. The Balaban J connectivity index is 1.94. The second kappa shape index (κ2) is 5.25. The molecule has 0 radical (unpaired) electrons. The molecule has 0 amide bonds. The third-order valence-corrected chi connectivity index (χ3v) is 3.17. The van der Waals surface area contributed by atoms with Gasteiger partial charge in [0.05, 0.1) is 0 Å². The Morgan fingerprint density at radius 3 is 2.81 bits per heavy atom. The van der Waals surface area contributed by atoms with Crippen LogP contribution in [0.2, 0.25) is 0 Å². The van der Waals surface area contributed by atoms with Crippen molar-refractivity contribution >= 4 is 5.95 Å². The summed E-state index contributed by atoms with van der Waals surface area (Å²) < 4.78 is 0. The second-order valence-corrected chi connectivity index (χ2v) is 4.49. The molecule has 1 saturated heterocycles. The maximum absolute atomic E-state index is 4.47. The standard InChI is InChI=1S/C12H20N4/c1-10-3-6-14-12(15-10)16-7-4-11(5-8-16)9-13-2/h3,6,11,13H,4-5,7-9H2,1-2H3. The molecule has 0 aliphatic carbocycles. The second-order valence-electron chi connectivity index (χ2n) is 4.49. The molecular weight excluding hydrogens is 200 g/mol. The molecule has 0 spiro atoms. The number of aryl methyl sites for hydroxylation is 1. The highest BCUT2D eigenvalue weighted by molar-refractivity contribution is 5.30. The van der Waals surface area contributed by atoms with Crippen molar-refractivity contribution < 1.29 is 0 Å². The lowest BCUT2D eigenvalue weighted by Gasteiger charge is -2.31. The van der Waals surface area contributed by atoms with E-state index in [4.69, 9.17) is 0 Å². The van der Waals surface area contributed by atoms with Crippen molar-refractivity contribution in [3.8, 4) is 0 Å². The largest absolute Gasteiger partial charge is 0.341 e. The topological polar surface area (TPSA) is 41.0 Å². The summed E-state index contributed by atoms with van der Waals surface area (Å²) in [5, 5.41) is 3.25. The van der Waals surface area contributed by atoms with Crippen LogP contribution in [0.25, 0.3) is 0 Å². The molecule has 0 bridgehead atoms. The molecule has 88 valence electrons. The minimum absolute atomic E-state index is 0.811. The highest BCUT2D eigenvalue weighted by atomic mass is 15.2. The monoisotopic (exact) mass is 220 g/mol. The molecule has 0 unspecified atom stereocenters. The summed E-state index contributed by atoms with van der Waals surface area (Å²) in [5.41, 5.74) is 1.04. The first-order valence-electron chi connectivity index (χ1n) is 5.99. The average Bonchev–Trinajstić information content (AvgIpc) is 2.30. The van der Waals surface area contributed by atoms with Crippen molar-refractivity contribution in [2.45, 2.75) is 19.8 Å². The van der Waals surface area contributed by atoms with E-state index < -0.39 is 0 Å². The van der Waals surface area contributed by atoms with Gasteiger partial charge in [0.2, 0.25) is 5.95 Å². The van der Waals surface area contributed by atoms with Crippen LogP contribution < -0.4 is 10.2 Å². The number of piperidine rings is 1. The van der Waals surface area contributed by atoms with Gasteiger partial charge in [0.25, 0.3) is 0 Å². The summed E-state index contributed by atoms with van der Waals surface area (Å²) in [4.78, 5) is 11.1. The van der Waals surface area contributed by atoms with E-state index in [1.165, 1.54) is 12.8 Å². The van der Waals surface area contributed by atoms with Gasteiger partial charge < -0.3 is 10.2 Å². The van der Waals surface area contributed by atoms with Gasteiger partial charge in [0.15, 0.2) is 0 Å². The number of aromatic nitrogens is 2. The zero-order valence-corrected chi connectivity index (χ0v) is 10.1. The molecule has 1 fully saturated rings. The van der Waals surface area contributed by atoms with Gasteiger partial charge in [-0.3, -0.25) is 0 Å². The molecule has 4 nitrogen and oxygen atoms in total. The first-order chi connectivity index (χ1) is 7.79. The van der Waals surface area contributed by atoms with Crippen molar-refractivity contribution in [2.24, 2.45) is 5.92 Å². The Labute approximate surface area is 97.1 Å². The molecule has 0 atom stereocenters. The van der Waals surface area contributed by atoms with Crippen LogP contribution in [-0.2, 0) is 0 Å².